The van der Waals surface area contributed by atoms with Gasteiger partial charge in [-0.3, -0.25) is 0 Å². The zero-order valence-corrected chi connectivity index (χ0v) is 20.2. The number of rotatable bonds is 5. The summed E-state index contributed by atoms with van der Waals surface area (Å²) < 4.78 is 62.9. The van der Waals surface area contributed by atoms with Gasteiger partial charge in [-0.1, -0.05) is 5.92 Å². The van der Waals surface area contributed by atoms with Crippen LogP contribution in [0.4, 0.5) is 23.2 Å². The lowest BCUT2D eigenvalue weighted by atomic mass is 9.96. The van der Waals surface area contributed by atoms with Crippen molar-refractivity contribution >= 4 is 23.3 Å². The second-order valence-electron chi connectivity index (χ2n) is 8.25. The average molecular weight is 529 g/mol. The lowest BCUT2D eigenvalue weighted by molar-refractivity contribution is -0.174. The quantitative estimate of drug-likeness (QED) is 0.219. The molecule has 3 aromatic heterocycles. The minimum absolute atomic E-state index is 0.140. The van der Waals surface area contributed by atoms with Gasteiger partial charge in [-0.15, -0.1) is 0 Å². The van der Waals surface area contributed by atoms with Gasteiger partial charge in [-0.2, -0.15) is 18.3 Å². The largest absolute Gasteiger partial charge is 0.480 e. The Morgan fingerprint density at radius 3 is 2.68 bits per heavy atom. The summed E-state index contributed by atoms with van der Waals surface area (Å²) in [6.07, 6.45) is -1.22. The van der Waals surface area contributed by atoms with Crippen molar-refractivity contribution in [2.24, 2.45) is 11.8 Å². The molecule has 0 radical (unpaired) electrons. The smallest absolute Gasteiger partial charge is 0.394 e. The fourth-order valence-electron chi connectivity index (χ4n) is 3.90. The summed E-state index contributed by atoms with van der Waals surface area (Å²) in [4.78, 5) is 9.40. The molecule has 4 heterocycles. The number of benzene rings is 1. The number of nitrogens with zero attached hydrogens (tertiary/aromatic N) is 4. The molecule has 2 unspecified atom stereocenters. The minimum atomic E-state index is -4.31. The van der Waals surface area contributed by atoms with E-state index in [9.17, 15) is 17.6 Å². The van der Waals surface area contributed by atoms with E-state index in [1.165, 1.54) is 41.9 Å². The van der Waals surface area contributed by atoms with Gasteiger partial charge >= 0.3 is 6.18 Å². The normalized spacial score (nSPS) is 17.4. The maximum atomic E-state index is 13.3. The molecule has 190 valence electrons. The Hall–Kier alpha value is -3.82. The molecule has 2 N–H and O–H groups in total. The van der Waals surface area contributed by atoms with Crippen LogP contribution in [0.15, 0.2) is 59.8 Å². The zero-order chi connectivity index (χ0) is 26.0. The summed E-state index contributed by atoms with van der Waals surface area (Å²) in [7, 11) is 1.50. The average Bonchev–Trinajstić information content (AvgIpc) is 3.53. The molecule has 1 aliphatic rings. The first-order valence-corrected chi connectivity index (χ1v) is 12.0. The standard InChI is InChI=1S/C25H20F4N6OS/c1-36-24-22(34-37-19-6-3-17(26)4-7-19)10-16(12-32-24)21-8-9-23-31-13-18(35(23)33-21)5-2-15-11-30-14-20(15)25(27,28)29/h3-4,6-10,12-13,15,20,30,34H,11,14H2,1H3. The van der Waals surface area contributed by atoms with Crippen LogP contribution in [0.25, 0.3) is 16.9 Å². The number of nitrogens with one attached hydrogen (secondary N) is 2. The monoisotopic (exact) mass is 528 g/mol. The topological polar surface area (TPSA) is 76.4 Å². The first-order chi connectivity index (χ1) is 17.8. The summed E-state index contributed by atoms with van der Waals surface area (Å²) in [6, 6.07) is 11.3. The van der Waals surface area contributed by atoms with Crippen molar-refractivity contribution in [3.05, 3.63) is 66.4 Å². The van der Waals surface area contributed by atoms with Crippen LogP contribution < -0.4 is 14.8 Å². The van der Waals surface area contributed by atoms with Gasteiger partial charge in [0.15, 0.2) is 5.65 Å². The Kier molecular flexibility index (Phi) is 6.90. The van der Waals surface area contributed by atoms with E-state index in [0.717, 1.165) is 4.90 Å². The number of hydrogen-bond donors (Lipinski definition) is 2. The van der Waals surface area contributed by atoms with Crippen molar-refractivity contribution < 1.29 is 22.3 Å². The van der Waals surface area contributed by atoms with Gasteiger partial charge in [0.1, 0.15) is 17.2 Å². The lowest BCUT2D eigenvalue weighted by Crippen LogP contribution is -2.29. The molecule has 0 bridgehead atoms. The zero-order valence-electron chi connectivity index (χ0n) is 19.4. The predicted octanol–water partition coefficient (Wildman–Crippen LogP) is 4.81. The molecule has 1 aliphatic heterocycles. The third kappa shape index (κ3) is 5.47. The number of alkyl halides is 3. The third-order valence-electron chi connectivity index (χ3n) is 5.82. The Morgan fingerprint density at radius 2 is 1.92 bits per heavy atom. The highest BCUT2D eigenvalue weighted by Crippen LogP contribution is 2.34. The van der Waals surface area contributed by atoms with Gasteiger partial charge in [-0.05, 0) is 60.3 Å². The molecule has 0 amide bonds. The van der Waals surface area contributed by atoms with Crippen LogP contribution in [0.3, 0.4) is 0 Å². The second kappa shape index (κ2) is 10.3. The van der Waals surface area contributed by atoms with E-state index in [-0.39, 0.29) is 18.9 Å². The van der Waals surface area contributed by atoms with Crippen molar-refractivity contribution in [3.63, 3.8) is 0 Å². The van der Waals surface area contributed by atoms with Crippen LogP contribution in [-0.2, 0) is 0 Å². The molecule has 7 nitrogen and oxygen atoms in total. The molecular formula is C25H20F4N6OS. The Morgan fingerprint density at radius 1 is 1.11 bits per heavy atom. The van der Waals surface area contributed by atoms with Gasteiger partial charge in [0.2, 0.25) is 5.88 Å². The van der Waals surface area contributed by atoms with E-state index in [1.807, 2.05) is 0 Å². The Bertz CT molecular complexity index is 1480. The molecule has 0 saturated carbocycles. The van der Waals surface area contributed by atoms with Crippen LogP contribution in [0.1, 0.15) is 5.69 Å². The van der Waals surface area contributed by atoms with E-state index in [0.29, 0.717) is 34.2 Å². The van der Waals surface area contributed by atoms with Gasteiger partial charge in [0.25, 0.3) is 0 Å². The fourth-order valence-corrected chi connectivity index (χ4v) is 4.54. The predicted molar refractivity (Wildman–Crippen MR) is 131 cm³/mol. The molecule has 37 heavy (non-hydrogen) atoms. The summed E-state index contributed by atoms with van der Waals surface area (Å²) in [5, 5.41) is 7.36. The third-order valence-corrected chi connectivity index (χ3v) is 6.65. The molecule has 1 saturated heterocycles. The van der Waals surface area contributed by atoms with E-state index >= 15 is 0 Å². The highest BCUT2D eigenvalue weighted by atomic mass is 32.2. The Balaban J connectivity index is 1.42. The van der Waals surface area contributed by atoms with Crippen molar-refractivity contribution in [1.82, 2.24) is 24.9 Å². The number of aromatic nitrogens is 4. The molecule has 12 heteroatoms. The maximum absolute atomic E-state index is 13.3. The number of hydrogen-bond acceptors (Lipinski definition) is 7. The van der Waals surface area contributed by atoms with Gasteiger partial charge in [-0.25, -0.2) is 18.9 Å². The molecule has 0 spiro atoms. The molecule has 1 aromatic carbocycles. The van der Waals surface area contributed by atoms with E-state index in [2.05, 4.69) is 36.9 Å². The first kappa shape index (κ1) is 24.9. The van der Waals surface area contributed by atoms with Crippen LogP contribution >= 0.6 is 11.9 Å². The summed E-state index contributed by atoms with van der Waals surface area (Å²) >= 11 is 1.27. The fraction of sp³-hybridized carbons (Fsp3) is 0.240. The van der Waals surface area contributed by atoms with Crippen LogP contribution in [0.5, 0.6) is 5.88 Å². The molecule has 5 rings (SSSR count). The van der Waals surface area contributed by atoms with Gasteiger partial charge < -0.3 is 14.8 Å². The second-order valence-corrected chi connectivity index (χ2v) is 9.13. The van der Waals surface area contributed by atoms with Crippen molar-refractivity contribution in [2.75, 3.05) is 24.9 Å². The van der Waals surface area contributed by atoms with Gasteiger partial charge in [0, 0.05) is 35.7 Å². The van der Waals surface area contributed by atoms with Crippen molar-refractivity contribution in [2.45, 2.75) is 11.1 Å². The van der Waals surface area contributed by atoms with Crippen LogP contribution in [0, 0.1) is 29.5 Å². The highest BCUT2D eigenvalue weighted by Gasteiger charge is 2.46. The summed E-state index contributed by atoms with van der Waals surface area (Å²) in [6.45, 7) is 0.0362. The minimum Gasteiger partial charge on any atom is -0.480 e. The Labute approximate surface area is 213 Å². The van der Waals surface area contributed by atoms with E-state index < -0.39 is 18.0 Å². The van der Waals surface area contributed by atoms with Crippen LogP contribution in [0.2, 0.25) is 0 Å². The number of methoxy groups -OCH3 is 1. The van der Waals surface area contributed by atoms with Crippen molar-refractivity contribution in [3.8, 4) is 29.0 Å². The highest BCUT2D eigenvalue weighted by molar-refractivity contribution is 8.00. The number of anilines is 1. The number of pyridine rings is 1. The molecule has 4 aromatic rings. The maximum Gasteiger partial charge on any atom is 0.394 e. The molecule has 0 aliphatic carbocycles. The van der Waals surface area contributed by atoms with Crippen LogP contribution in [-0.4, -0.2) is 46.0 Å². The molecular weight excluding hydrogens is 508 g/mol. The number of imidazole rings is 1. The van der Waals surface area contributed by atoms with E-state index in [1.54, 1.807) is 36.5 Å². The number of ether oxygens (including phenoxy) is 1. The molecule has 2 atom stereocenters. The number of fused-ring (bicyclic) bond motifs is 1. The first-order valence-electron chi connectivity index (χ1n) is 11.2. The number of halogens is 4. The summed E-state index contributed by atoms with van der Waals surface area (Å²) in [5.41, 5.74) is 2.69. The van der Waals surface area contributed by atoms with Gasteiger partial charge in [0.05, 0.1) is 24.9 Å². The SMILES string of the molecule is COc1ncc(-c2ccc3ncc(C#CC4CNCC4C(F)(F)F)n3n2)cc1NSc1ccc(F)cc1. The summed E-state index contributed by atoms with van der Waals surface area (Å²) in [5.74, 6) is 3.27. The van der Waals surface area contributed by atoms with Crippen molar-refractivity contribution in [1.29, 1.82) is 0 Å². The van der Waals surface area contributed by atoms with E-state index in [4.69, 9.17) is 4.74 Å². The molecule has 1 fully saturated rings. The lowest BCUT2D eigenvalue weighted by Gasteiger charge is -2.16.